The van der Waals surface area contributed by atoms with E-state index in [1.165, 1.54) is 0 Å². The summed E-state index contributed by atoms with van der Waals surface area (Å²) in [5.74, 6) is 0.138. The van der Waals surface area contributed by atoms with Gasteiger partial charge in [0.05, 0.1) is 11.5 Å². The Hall–Kier alpha value is -0.660. The molecule has 1 aliphatic rings. The Kier molecular flexibility index (Phi) is 6.74. The fourth-order valence-electron chi connectivity index (χ4n) is 2.33. The molecule has 1 heterocycles. The van der Waals surface area contributed by atoms with Crippen molar-refractivity contribution in [1.82, 2.24) is 10.2 Å². The van der Waals surface area contributed by atoms with Gasteiger partial charge in [-0.1, -0.05) is 0 Å². The lowest BCUT2D eigenvalue weighted by Gasteiger charge is -2.31. The van der Waals surface area contributed by atoms with Gasteiger partial charge in [0, 0.05) is 13.0 Å². The Bertz CT molecular complexity index is 376. The second kappa shape index (κ2) is 7.81. The number of sulfone groups is 1. The first-order valence-electron chi connectivity index (χ1n) is 6.78. The van der Waals surface area contributed by atoms with Crippen molar-refractivity contribution in [3.05, 3.63) is 0 Å². The molecule has 1 aliphatic heterocycles. The normalized spacial score (nSPS) is 18.6. The van der Waals surface area contributed by atoms with Gasteiger partial charge < -0.3 is 16.0 Å². The molecule has 0 radical (unpaired) electrons. The number of nitrogens with one attached hydrogen (secondary N) is 1. The van der Waals surface area contributed by atoms with Crippen molar-refractivity contribution >= 4 is 15.7 Å². The topological polar surface area (TPSA) is 92.5 Å². The lowest BCUT2D eigenvalue weighted by Crippen LogP contribution is -2.39. The second-order valence-electron chi connectivity index (χ2n) is 5.21. The molecule has 6 nitrogen and oxygen atoms in total. The summed E-state index contributed by atoms with van der Waals surface area (Å²) in [7, 11) is -1.20. The van der Waals surface area contributed by atoms with E-state index in [9.17, 15) is 13.2 Å². The smallest absolute Gasteiger partial charge is 0.218 e. The van der Waals surface area contributed by atoms with Crippen LogP contribution in [0.4, 0.5) is 0 Å². The molecule has 0 aromatic heterocycles. The molecule has 0 aromatic carbocycles. The standard InChI is InChI=1S/C12H25N3O3S/c1-14-10-11-2-5-15(6-3-11)7-9-19(17,18)8-4-12(13)16/h11,14H,2-10H2,1H3,(H2,13,16). The maximum Gasteiger partial charge on any atom is 0.218 e. The number of amides is 1. The minimum Gasteiger partial charge on any atom is -0.370 e. The van der Waals surface area contributed by atoms with E-state index >= 15 is 0 Å². The Labute approximate surface area is 115 Å². The van der Waals surface area contributed by atoms with Crippen LogP contribution in [0.5, 0.6) is 0 Å². The summed E-state index contributed by atoms with van der Waals surface area (Å²) in [4.78, 5) is 12.8. The molecule has 3 N–H and O–H groups in total. The number of carbonyl (C=O) groups is 1. The number of nitrogens with zero attached hydrogens (tertiary/aromatic N) is 1. The second-order valence-corrected chi connectivity index (χ2v) is 7.51. The summed E-state index contributed by atoms with van der Waals surface area (Å²) >= 11 is 0. The third-order valence-corrected chi connectivity index (χ3v) is 5.21. The molecule has 1 fully saturated rings. The zero-order valence-corrected chi connectivity index (χ0v) is 12.4. The predicted molar refractivity (Wildman–Crippen MR) is 75.6 cm³/mol. The maximum absolute atomic E-state index is 11.7. The highest BCUT2D eigenvalue weighted by Gasteiger charge is 2.20. The first-order valence-corrected chi connectivity index (χ1v) is 8.61. The molecule has 0 bridgehead atoms. The highest BCUT2D eigenvalue weighted by Crippen LogP contribution is 2.16. The van der Waals surface area contributed by atoms with Crippen LogP contribution in [-0.4, -0.2) is 64.0 Å². The van der Waals surface area contributed by atoms with Gasteiger partial charge in [0.15, 0.2) is 9.84 Å². The van der Waals surface area contributed by atoms with Crippen LogP contribution >= 0.6 is 0 Å². The van der Waals surface area contributed by atoms with E-state index in [0.29, 0.717) is 12.5 Å². The van der Waals surface area contributed by atoms with E-state index in [1.54, 1.807) is 0 Å². The van der Waals surface area contributed by atoms with Gasteiger partial charge in [0.25, 0.3) is 0 Å². The zero-order valence-electron chi connectivity index (χ0n) is 11.6. The van der Waals surface area contributed by atoms with Gasteiger partial charge >= 0.3 is 0 Å². The monoisotopic (exact) mass is 291 g/mol. The van der Waals surface area contributed by atoms with Crippen molar-refractivity contribution in [3.8, 4) is 0 Å². The number of primary amides is 1. The first kappa shape index (κ1) is 16.4. The summed E-state index contributed by atoms with van der Waals surface area (Å²) in [6.07, 6.45) is 2.15. The number of nitrogens with two attached hydrogens (primary N) is 1. The number of likely N-dealkylation sites (tertiary alicyclic amines) is 1. The van der Waals surface area contributed by atoms with Gasteiger partial charge in [-0.3, -0.25) is 4.79 Å². The fraction of sp³-hybridized carbons (Fsp3) is 0.917. The van der Waals surface area contributed by atoms with E-state index in [0.717, 1.165) is 32.5 Å². The molecule has 112 valence electrons. The molecular formula is C12H25N3O3S. The molecular weight excluding hydrogens is 266 g/mol. The van der Waals surface area contributed by atoms with Crippen LogP contribution in [0.3, 0.4) is 0 Å². The Morgan fingerprint density at radius 3 is 2.47 bits per heavy atom. The number of carbonyl (C=O) groups excluding carboxylic acids is 1. The van der Waals surface area contributed by atoms with Crippen molar-refractivity contribution in [2.45, 2.75) is 19.3 Å². The van der Waals surface area contributed by atoms with Crippen LogP contribution in [0.25, 0.3) is 0 Å². The highest BCUT2D eigenvalue weighted by atomic mass is 32.2. The molecule has 19 heavy (non-hydrogen) atoms. The highest BCUT2D eigenvalue weighted by molar-refractivity contribution is 7.91. The average molecular weight is 291 g/mol. The van der Waals surface area contributed by atoms with Crippen LogP contribution < -0.4 is 11.1 Å². The number of hydrogen-bond donors (Lipinski definition) is 2. The van der Waals surface area contributed by atoms with E-state index in [-0.39, 0.29) is 17.9 Å². The van der Waals surface area contributed by atoms with Gasteiger partial charge in [0.2, 0.25) is 5.91 Å². The van der Waals surface area contributed by atoms with Crippen LogP contribution in [-0.2, 0) is 14.6 Å². The first-order chi connectivity index (χ1) is 8.93. The Morgan fingerprint density at radius 1 is 1.32 bits per heavy atom. The van der Waals surface area contributed by atoms with Crippen molar-refractivity contribution in [2.24, 2.45) is 11.7 Å². The summed E-state index contributed by atoms with van der Waals surface area (Å²) in [5.41, 5.74) is 4.96. The minimum atomic E-state index is -3.15. The van der Waals surface area contributed by atoms with Crippen molar-refractivity contribution in [2.75, 3.05) is 44.7 Å². The largest absolute Gasteiger partial charge is 0.370 e. The van der Waals surface area contributed by atoms with E-state index in [4.69, 9.17) is 5.73 Å². The molecule has 0 aromatic rings. The summed E-state index contributed by atoms with van der Waals surface area (Å²) in [5, 5.41) is 3.18. The van der Waals surface area contributed by atoms with Crippen LogP contribution in [0.1, 0.15) is 19.3 Å². The lowest BCUT2D eigenvalue weighted by atomic mass is 9.97. The van der Waals surface area contributed by atoms with Crippen LogP contribution in [0.2, 0.25) is 0 Å². The van der Waals surface area contributed by atoms with E-state index in [2.05, 4.69) is 10.2 Å². The van der Waals surface area contributed by atoms with Crippen molar-refractivity contribution < 1.29 is 13.2 Å². The fourth-order valence-corrected chi connectivity index (χ4v) is 3.58. The SMILES string of the molecule is CNCC1CCN(CCS(=O)(=O)CCC(N)=O)CC1. The van der Waals surface area contributed by atoms with Gasteiger partial charge in [-0.2, -0.15) is 0 Å². The van der Waals surface area contributed by atoms with Gasteiger partial charge in [-0.05, 0) is 45.4 Å². The van der Waals surface area contributed by atoms with E-state index < -0.39 is 15.7 Å². The summed E-state index contributed by atoms with van der Waals surface area (Å²) < 4.78 is 23.4. The average Bonchev–Trinajstić information content (AvgIpc) is 2.36. The summed E-state index contributed by atoms with van der Waals surface area (Å²) in [6, 6.07) is 0. The molecule has 0 unspecified atom stereocenters. The van der Waals surface area contributed by atoms with Crippen molar-refractivity contribution in [3.63, 3.8) is 0 Å². The summed E-state index contributed by atoms with van der Waals surface area (Å²) in [6.45, 7) is 3.51. The zero-order chi connectivity index (χ0) is 14.3. The molecule has 1 rings (SSSR count). The van der Waals surface area contributed by atoms with Gasteiger partial charge in [-0.15, -0.1) is 0 Å². The molecule has 0 aliphatic carbocycles. The Morgan fingerprint density at radius 2 is 1.95 bits per heavy atom. The molecule has 1 amide bonds. The van der Waals surface area contributed by atoms with Crippen LogP contribution in [0, 0.1) is 5.92 Å². The molecule has 0 spiro atoms. The van der Waals surface area contributed by atoms with Crippen LogP contribution in [0.15, 0.2) is 0 Å². The predicted octanol–water partition coefficient (Wildman–Crippen LogP) is -0.792. The third-order valence-electron chi connectivity index (χ3n) is 3.58. The number of rotatable bonds is 8. The minimum absolute atomic E-state index is 0.0768. The van der Waals surface area contributed by atoms with Gasteiger partial charge in [-0.25, -0.2) is 8.42 Å². The quantitative estimate of drug-likeness (QED) is 0.611. The number of piperidine rings is 1. The third kappa shape index (κ3) is 6.89. The van der Waals surface area contributed by atoms with Gasteiger partial charge in [0.1, 0.15) is 0 Å². The molecule has 0 atom stereocenters. The maximum atomic E-state index is 11.7. The van der Waals surface area contributed by atoms with E-state index in [1.807, 2.05) is 7.05 Å². The Balaban J connectivity index is 2.24. The molecule has 7 heteroatoms. The van der Waals surface area contributed by atoms with Crippen molar-refractivity contribution in [1.29, 1.82) is 0 Å². The lowest BCUT2D eigenvalue weighted by molar-refractivity contribution is -0.117. The molecule has 1 saturated heterocycles. The molecule has 0 saturated carbocycles. The number of hydrogen-bond acceptors (Lipinski definition) is 5.